The van der Waals surface area contributed by atoms with Gasteiger partial charge < -0.3 is 14.3 Å². The van der Waals surface area contributed by atoms with Crippen molar-refractivity contribution in [1.82, 2.24) is 4.98 Å². The number of aromatic nitrogens is 1. The number of benzene rings is 1. The minimum atomic E-state index is -0.638. The number of rotatable bonds is 6. The lowest BCUT2D eigenvalue weighted by molar-refractivity contribution is 0.126. The van der Waals surface area contributed by atoms with Gasteiger partial charge in [-0.15, -0.1) is 0 Å². The van der Waals surface area contributed by atoms with Crippen molar-refractivity contribution < 1.29 is 14.3 Å². The van der Waals surface area contributed by atoms with Gasteiger partial charge in [0, 0.05) is 11.2 Å². The summed E-state index contributed by atoms with van der Waals surface area (Å²) < 4.78 is 11.1. The molecule has 2 aromatic rings. The summed E-state index contributed by atoms with van der Waals surface area (Å²) in [5.41, 5.74) is 0.496. The largest absolute Gasteiger partial charge is 0.491 e. The number of nitrogens with zero attached hydrogens (tertiary/aromatic N) is 2. The Balaban J connectivity index is 1.77. The minimum Gasteiger partial charge on any atom is -0.491 e. The van der Waals surface area contributed by atoms with Crippen LogP contribution in [0.1, 0.15) is 32.1 Å². The van der Waals surface area contributed by atoms with E-state index in [1.54, 1.807) is 30.5 Å². The van der Waals surface area contributed by atoms with E-state index in [0.29, 0.717) is 22.3 Å². The topological polar surface area (TPSA) is 79.3 Å². The lowest BCUT2D eigenvalue weighted by Gasteiger charge is -2.13. The summed E-state index contributed by atoms with van der Waals surface area (Å²) in [6, 6.07) is 8.82. The van der Waals surface area contributed by atoms with Crippen LogP contribution in [0.3, 0.4) is 0 Å². The van der Waals surface area contributed by atoms with E-state index in [1.807, 2.05) is 6.07 Å². The molecule has 0 fully saturated rings. The molecule has 2 rings (SSSR count). The monoisotopic (exact) mass is 332 g/mol. The van der Waals surface area contributed by atoms with Gasteiger partial charge in [0.1, 0.15) is 18.1 Å². The number of oxazole rings is 1. The molecule has 1 atom stereocenters. The summed E-state index contributed by atoms with van der Waals surface area (Å²) in [5.74, 6) is 1.88. The van der Waals surface area contributed by atoms with Crippen molar-refractivity contribution in [2.24, 2.45) is 0 Å². The molecule has 0 aliphatic heterocycles. The fourth-order valence-corrected chi connectivity index (χ4v) is 2.41. The molecule has 1 aromatic carbocycles. The number of aliphatic hydroxyl groups is 1. The highest BCUT2D eigenvalue weighted by Gasteiger charge is 2.19. The van der Waals surface area contributed by atoms with Crippen LogP contribution in [0.25, 0.3) is 0 Å². The van der Waals surface area contributed by atoms with E-state index in [4.69, 9.17) is 14.4 Å². The van der Waals surface area contributed by atoms with Crippen molar-refractivity contribution >= 4 is 11.8 Å². The summed E-state index contributed by atoms with van der Waals surface area (Å²) in [7, 11) is 0. The maximum Gasteiger partial charge on any atom is 0.255 e. The van der Waals surface area contributed by atoms with Crippen LogP contribution in [0.2, 0.25) is 0 Å². The van der Waals surface area contributed by atoms with Crippen molar-refractivity contribution in [1.29, 1.82) is 5.26 Å². The van der Waals surface area contributed by atoms with Crippen LogP contribution >= 0.6 is 11.8 Å². The summed E-state index contributed by atoms with van der Waals surface area (Å²) in [4.78, 5) is 4.21. The summed E-state index contributed by atoms with van der Waals surface area (Å²) in [6.45, 7) is 6.35. The minimum absolute atomic E-state index is 0.0802. The van der Waals surface area contributed by atoms with E-state index >= 15 is 0 Å². The van der Waals surface area contributed by atoms with Crippen molar-refractivity contribution in [2.45, 2.75) is 37.5 Å². The molecular weight excluding hydrogens is 312 g/mol. The van der Waals surface area contributed by atoms with E-state index in [9.17, 15) is 5.11 Å². The second-order valence-electron chi connectivity index (χ2n) is 6.15. The lowest BCUT2D eigenvalue weighted by Crippen LogP contribution is -2.20. The molecule has 6 heteroatoms. The Morgan fingerprint density at radius 1 is 1.35 bits per heavy atom. The van der Waals surface area contributed by atoms with Gasteiger partial charge in [-0.3, -0.25) is 0 Å². The Morgan fingerprint density at radius 2 is 2.04 bits per heavy atom. The third-order valence-corrected chi connectivity index (χ3v) is 4.04. The smallest absolute Gasteiger partial charge is 0.255 e. The molecule has 0 radical (unpaired) electrons. The lowest BCUT2D eigenvalue weighted by atomic mass is 9.94. The van der Waals surface area contributed by atoms with Gasteiger partial charge in [0.05, 0.1) is 23.9 Å². The maximum absolute atomic E-state index is 9.97. The number of aliphatic hydroxyl groups excluding tert-OH is 1. The van der Waals surface area contributed by atoms with E-state index in [-0.39, 0.29) is 12.0 Å². The molecule has 0 bridgehead atoms. The van der Waals surface area contributed by atoms with E-state index in [1.165, 1.54) is 11.8 Å². The average Bonchev–Trinajstić information content (AvgIpc) is 3.00. The van der Waals surface area contributed by atoms with Gasteiger partial charge >= 0.3 is 0 Å². The predicted octanol–water partition coefficient (Wildman–Crippen LogP) is 3.38. The Kier molecular flexibility index (Phi) is 5.69. The molecule has 0 amide bonds. The third kappa shape index (κ3) is 5.31. The van der Waals surface area contributed by atoms with Gasteiger partial charge in [0.2, 0.25) is 0 Å². The van der Waals surface area contributed by atoms with Crippen LogP contribution in [0.15, 0.2) is 40.1 Å². The van der Waals surface area contributed by atoms with Crippen LogP contribution in [0, 0.1) is 11.3 Å². The zero-order valence-corrected chi connectivity index (χ0v) is 14.3. The first kappa shape index (κ1) is 17.4. The summed E-state index contributed by atoms with van der Waals surface area (Å²) in [6.07, 6.45) is 1.09. The van der Waals surface area contributed by atoms with E-state index in [2.05, 4.69) is 25.8 Å². The highest BCUT2D eigenvalue weighted by atomic mass is 32.2. The molecule has 0 aliphatic rings. The first-order valence-electron chi connectivity index (χ1n) is 7.28. The standard InChI is InChI=1S/C17H20N2O3S/c1-17(2,3)15-9-19-16(22-15)23-11-13(20)10-21-14-6-4-12(8-18)5-7-14/h4-7,9,13,20H,10-11H2,1-3H3. The maximum atomic E-state index is 9.97. The van der Waals surface area contributed by atoms with E-state index < -0.39 is 6.10 Å². The molecule has 1 unspecified atom stereocenters. The van der Waals surface area contributed by atoms with Crippen molar-refractivity contribution in [3.63, 3.8) is 0 Å². The molecule has 5 nitrogen and oxygen atoms in total. The first-order chi connectivity index (χ1) is 10.9. The zero-order valence-electron chi connectivity index (χ0n) is 13.4. The molecule has 122 valence electrons. The molecule has 0 aliphatic carbocycles. The van der Waals surface area contributed by atoms with Crippen molar-refractivity contribution in [2.75, 3.05) is 12.4 Å². The number of thioether (sulfide) groups is 1. The molecule has 1 heterocycles. The van der Waals surface area contributed by atoms with Crippen LogP contribution in [-0.2, 0) is 5.41 Å². The summed E-state index contributed by atoms with van der Waals surface area (Å²) >= 11 is 1.36. The number of nitriles is 1. The van der Waals surface area contributed by atoms with Gasteiger partial charge in [-0.25, -0.2) is 4.98 Å². The Bertz CT molecular complexity index is 668. The highest BCUT2D eigenvalue weighted by molar-refractivity contribution is 7.99. The molecule has 0 spiro atoms. The Hall–Kier alpha value is -1.97. The SMILES string of the molecule is CC(C)(C)c1cnc(SCC(O)COc2ccc(C#N)cc2)o1. The second-order valence-corrected chi connectivity index (χ2v) is 7.12. The fourth-order valence-electron chi connectivity index (χ4n) is 1.71. The van der Waals surface area contributed by atoms with Crippen molar-refractivity contribution in [3.8, 4) is 11.8 Å². The van der Waals surface area contributed by atoms with Gasteiger partial charge in [-0.2, -0.15) is 5.26 Å². The molecule has 1 aromatic heterocycles. The average molecular weight is 332 g/mol. The highest BCUT2D eigenvalue weighted by Crippen LogP contribution is 2.27. The van der Waals surface area contributed by atoms with Gasteiger partial charge in [-0.05, 0) is 24.3 Å². The number of hydrogen-bond acceptors (Lipinski definition) is 6. The Morgan fingerprint density at radius 3 is 2.61 bits per heavy atom. The third-order valence-electron chi connectivity index (χ3n) is 3.05. The zero-order chi connectivity index (χ0) is 16.9. The summed E-state index contributed by atoms with van der Waals surface area (Å²) in [5, 5.41) is 19.2. The molecule has 0 saturated heterocycles. The number of hydrogen-bond donors (Lipinski definition) is 1. The fraction of sp³-hybridized carbons (Fsp3) is 0.412. The predicted molar refractivity (Wildman–Crippen MR) is 88.6 cm³/mol. The molecular formula is C17H20N2O3S. The van der Waals surface area contributed by atoms with Gasteiger partial charge in [0.15, 0.2) is 0 Å². The second kappa shape index (κ2) is 7.53. The Labute approximate surface area is 140 Å². The van der Waals surface area contributed by atoms with Crippen LogP contribution in [-0.4, -0.2) is 28.6 Å². The molecule has 23 heavy (non-hydrogen) atoms. The quantitative estimate of drug-likeness (QED) is 0.817. The van der Waals surface area contributed by atoms with Crippen LogP contribution in [0.4, 0.5) is 0 Å². The number of ether oxygens (including phenoxy) is 1. The van der Waals surface area contributed by atoms with Crippen LogP contribution in [0.5, 0.6) is 5.75 Å². The van der Waals surface area contributed by atoms with Crippen LogP contribution < -0.4 is 4.74 Å². The van der Waals surface area contributed by atoms with Crippen molar-refractivity contribution in [3.05, 3.63) is 41.8 Å². The first-order valence-corrected chi connectivity index (χ1v) is 8.27. The van der Waals surface area contributed by atoms with Gasteiger partial charge in [-0.1, -0.05) is 32.5 Å². The molecule has 1 N–H and O–H groups in total. The molecule has 0 saturated carbocycles. The van der Waals surface area contributed by atoms with Gasteiger partial charge in [0.25, 0.3) is 5.22 Å². The van der Waals surface area contributed by atoms with E-state index in [0.717, 1.165) is 5.76 Å². The normalized spacial score (nSPS) is 12.7.